The number of nitrogens with zero attached hydrogens (tertiary/aromatic N) is 1. The van der Waals surface area contributed by atoms with Gasteiger partial charge in [0.15, 0.2) is 0 Å². The van der Waals surface area contributed by atoms with E-state index in [1.165, 1.54) is 90.3 Å². The third-order valence-corrected chi connectivity index (χ3v) is 4.48. The summed E-state index contributed by atoms with van der Waals surface area (Å²) in [6, 6.07) is 0. The number of rotatable bonds is 10. The monoisotopic (exact) mass is 253 g/mol. The van der Waals surface area contributed by atoms with Crippen molar-refractivity contribution >= 4 is 0 Å². The largest absolute Gasteiger partial charge is 0.303 e. The van der Waals surface area contributed by atoms with Crippen molar-refractivity contribution in [2.24, 2.45) is 5.92 Å². The molecule has 1 nitrogen and oxygen atoms in total. The molecule has 0 aliphatic carbocycles. The van der Waals surface area contributed by atoms with Crippen LogP contribution in [0.5, 0.6) is 0 Å². The van der Waals surface area contributed by atoms with Crippen molar-refractivity contribution in [2.45, 2.75) is 84.5 Å². The lowest BCUT2D eigenvalue weighted by Crippen LogP contribution is -2.34. The van der Waals surface area contributed by atoms with Crippen LogP contribution in [-0.2, 0) is 0 Å². The number of unbranched alkanes of at least 4 members (excludes halogenated alkanes) is 6. The average molecular weight is 253 g/mol. The van der Waals surface area contributed by atoms with E-state index in [0.717, 1.165) is 5.92 Å². The lowest BCUT2D eigenvalue weighted by atomic mass is 9.92. The summed E-state index contributed by atoms with van der Waals surface area (Å²) in [4.78, 5) is 2.71. The Morgan fingerprint density at radius 1 is 0.778 bits per heavy atom. The summed E-state index contributed by atoms with van der Waals surface area (Å²) in [5.41, 5.74) is 0. The van der Waals surface area contributed by atoms with Crippen molar-refractivity contribution in [1.29, 1.82) is 0 Å². The first-order chi connectivity index (χ1) is 8.86. The molecule has 0 N–H and O–H groups in total. The van der Waals surface area contributed by atoms with Crippen LogP contribution in [0.25, 0.3) is 0 Å². The number of hydrogen-bond donors (Lipinski definition) is 0. The summed E-state index contributed by atoms with van der Waals surface area (Å²) in [5.74, 6) is 1.04. The minimum atomic E-state index is 1.04. The number of piperidine rings is 1. The molecule has 0 saturated carbocycles. The summed E-state index contributed by atoms with van der Waals surface area (Å²) in [5, 5.41) is 0. The van der Waals surface area contributed by atoms with Crippen molar-refractivity contribution in [2.75, 3.05) is 19.6 Å². The molecule has 1 saturated heterocycles. The first-order valence-electron chi connectivity index (χ1n) is 8.59. The van der Waals surface area contributed by atoms with E-state index in [1.54, 1.807) is 0 Å². The second kappa shape index (κ2) is 10.8. The minimum absolute atomic E-state index is 1.04. The van der Waals surface area contributed by atoms with E-state index in [0.29, 0.717) is 0 Å². The molecule has 0 radical (unpaired) electrons. The van der Waals surface area contributed by atoms with Crippen LogP contribution in [-0.4, -0.2) is 24.5 Å². The highest BCUT2D eigenvalue weighted by atomic mass is 15.1. The van der Waals surface area contributed by atoms with E-state index >= 15 is 0 Å². The van der Waals surface area contributed by atoms with Crippen molar-refractivity contribution in [3.8, 4) is 0 Å². The molecule has 0 bridgehead atoms. The molecule has 0 atom stereocenters. The van der Waals surface area contributed by atoms with E-state index in [9.17, 15) is 0 Å². The lowest BCUT2D eigenvalue weighted by Gasteiger charge is -2.31. The second-order valence-corrected chi connectivity index (χ2v) is 6.20. The van der Waals surface area contributed by atoms with Crippen LogP contribution in [0.3, 0.4) is 0 Å². The van der Waals surface area contributed by atoms with E-state index in [4.69, 9.17) is 0 Å². The molecule has 0 aromatic carbocycles. The molecule has 1 aliphatic rings. The van der Waals surface area contributed by atoms with Crippen LogP contribution < -0.4 is 0 Å². The Morgan fingerprint density at radius 3 is 2.00 bits per heavy atom. The fourth-order valence-corrected chi connectivity index (χ4v) is 3.20. The molecule has 0 aromatic rings. The van der Waals surface area contributed by atoms with Gasteiger partial charge in [0.1, 0.15) is 0 Å². The molecule has 1 heterocycles. The van der Waals surface area contributed by atoms with Gasteiger partial charge < -0.3 is 4.90 Å². The highest BCUT2D eigenvalue weighted by molar-refractivity contribution is 4.71. The number of likely N-dealkylation sites (tertiary alicyclic amines) is 1. The van der Waals surface area contributed by atoms with E-state index in [1.807, 2.05) is 0 Å². The predicted molar refractivity (Wildman–Crippen MR) is 82.1 cm³/mol. The molecule has 0 unspecified atom stereocenters. The van der Waals surface area contributed by atoms with Gasteiger partial charge in [0.25, 0.3) is 0 Å². The Hall–Kier alpha value is -0.0400. The smallest absolute Gasteiger partial charge is 0.00161 e. The van der Waals surface area contributed by atoms with Gasteiger partial charge in [-0.05, 0) is 44.8 Å². The first kappa shape index (κ1) is 16.0. The van der Waals surface area contributed by atoms with Gasteiger partial charge in [-0.3, -0.25) is 0 Å². The van der Waals surface area contributed by atoms with Crippen LogP contribution >= 0.6 is 0 Å². The molecule has 108 valence electrons. The number of hydrogen-bond acceptors (Lipinski definition) is 1. The fraction of sp³-hybridized carbons (Fsp3) is 1.00. The zero-order valence-electron chi connectivity index (χ0n) is 12.9. The van der Waals surface area contributed by atoms with Crippen LogP contribution in [0.4, 0.5) is 0 Å². The molecule has 0 amide bonds. The van der Waals surface area contributed by atoms with Gasteiger partial charge in [0.05, 0.1) is 0 Å². The average Bonchev–Trinajstić information content (AvgIpc) is 2.40. The Morgan fingerprint density at radius 2 is 1.39 bits per heavy atom. The van der Waals surface area contributed by atoms with Gasteiger partial charge in [-0.1, -0.05) is 65.2 Å². The van der Waals surface area contributed by atoms with Crippen LogP contribution in [0.15, 0.2) is 0 Å². The van der Waals surface area contributed by atoms with Gasteiger partial charge in [-0.25, -0.2) is 0 Å². The van der Waals surface area contributed by atoms with Crippen molar-refractivity contribution in [3.63, 3.8) is 0 Å². The molecule has 1 heteroatoms. The molecule has 0 aromatic heterocycles. The van der Waals surface area contributed by atoms with E-state index < -0.39 is 0 Å². The first-order valence-corrected chi connectivity index (χ1v) is 8.59. The normalized spacial score (nSPS) is 18.3. The Bertz CT molecular complexity index is 170. The summed E-state index contributed by atoms with van der Waals surface area (Å²) >= 11 is 0. The van der Waals surface area contributed by atoms with E-state index in [2.05, 4.69) is 18.7 Å². The quantitative estimate of drug-likeness (QED) is 0.481. The summed E-state index contributed by atoms with van der Waals surface area (Å²) in [6.07, 6.45) is 15.8. The van der Waals surface area contributed by atoms with E-state index in [-0.39, 0.29) is 0 Å². The third-order valence-electron chi connectivity index (χ3n) is 4.48. The highest BCUT2D eigenvalue weighted by Gasteiger charge is 2.17. The third kappa shape index (κ3) is 7.41. The van der Waals surface area contributed by atoms with Crippen LogP contribution in [0, 0.1) is 5.92 Å². The summed E-state index contributed by atoms with van der Waals surface area (Å²) in [7, 11) is 0. The molecular formula is C17H35N. The lowest BCUT2D eigenvalue weighted by molar-refractivity contribution is 0.175. The SMILES string of the molecule is CCCCCCCCCN1CCC(CCC)CC1. The fourth-order valence-electron chi connectivity index (χ4n) is 3.20. The Kier molecular flexibility index (Phi) is 9.65. The van der Waals surface area contributed by atoms with Crippen LogP contribution in [0.2, 0.25) is 0 Å². The van der Waals surface area contributed by atoms with Gasteiger partial charge >= 0.3 is 0 Å². The molecule has 1 fully saturated rings. The molecule has 0 spiro atoms. The van der Waals surface area contributed by atoms with Crippen molar-refractivity contribution < 1.29 is 0 Å². The minimum Gasteiger partial charge on any atom is -0.303 e. The van der Waals surface area contributed by atoms with Crippen molar-refractivity contribution in [3.05, 3.63) is 0 Å². The maximum atomic E-state index is 2.71. The van der Waals surface area contributed by atoms with Gasteiger partial charge in [-0.15, -0.1) is 0 Å². The topological polar surface area (TPSA) is 3.24 Å². The maximum Gasteiger partial charge on any atom is -0.00161 e. The molecular weight excluding hydrogens is 218 g/mol. The van der Waals surface area contributed by atoms with Gasteiger partial charge in [0, 0.05) is 0 Å². The standard InChI is InChI=1S/C17H35N/c1-3-5-6-7-8-9-10-14-18-15-12-17(11-4-2)13-16-18/h17H,3-16H2,1-2H3. The zero-order chi connectivity index (χ0) is 13.1. The molecule has 1 aliphatic heterocycles. The van der Waals surface area contributed by atoms with Crippen LogP contribution in [0.1, 0.15) is 84.5 Å². The molecule has 18 heavy (non-hydrogen) atoms. The summed E-state index contributed by atoms with van der Waals surface area (Å²) in [6.45, 7) is 8.74. The van der Waals surface area contributed by atoms with Gasteiger partial charge in [-0.2, -0.15) is 0 Å². The highest BCUT2D eigenvalue weighted by Crippen LogP contribution is 2.21. The Labute approximate surface area is 115 Å². The zero-order valence-corrected chi connectivity index (χ0v) is 12.9. The second-order valence-electron chi connectivity index (χ2n) is 6.20. The Balaban J connectivity index is 1.88. The molecule has 1 rings (SSSR count). The maximum absolute atomic E-state index is 2.71. The summed E-state index contributed by atoms with van der Waals surface area (Å²) < 4.78 is 0. The van der Waals surface area contributed by atoms with Gasteiger partial charge in [0.2, 0.25) is 0 Å². The predicted octanol–water partition coefficient (Wildman–Crippen LogP) is 5.25. The van der Waals surface area contributed by atoms with Crippen molar-refractivity contribution in [1.82, 2.24) is 4.90 Å².